The third-order valence-corrected chi connectivity index (χ3v) is 5.16. The molecule has 0 aliphatic heterocycles. The van der Waals surface area contributed by atoms with E-state index in [1.807, 2.05) is 41.7 Å². The number of aromatic nitrogens is 3. The Bertz CT molecular complexity index is 1060. The Morgan fingerprint density at radius 2 is 1.96 bits per heavy atom. The predicted octanol–water partition coefficient (Wildman–Crippen LogP) is 5.28. The molecule has 0 radical (unpaired) electrons. The quantitative estimate of drug-likeness (QED) is 0.467. The molecule has 3 nitrogen and oxygen atoms in total. The molecule has 0 N–H and O–H groups in total. The standard InChI is InChI=1S/C18H13ClFN3S/c1-11-8-17-21-22-18(24-10-12-4-2-3-5-15(12)20)23(17)16-7-6-13(19)9-14(11)16/h2-9H,10H2,1H3. The SMILES string of the molecule is Cc1cc2nnc(SCc3ccccc3F)n2c2ccc(Cl)cc12. The average Bonchev–Trinajstić information content (AvgIpc) is 2.97. The lowest BCUT2D eigenvalue weighted by atomic mass is 10.1. The van der Waals surface area contributed by atoms with Gasteiger partial charge in [0.1, 0.15) is 5.82 Å². The average molecular weight is 358 g/mol. The normalized spacial score (nSPS) is 11.5. The van der Waals surface area contributed by atoms with Gasteiger partial charge in [-0.15, -0.1) is 10.2 Å². The molecular weight excluding hydrogens is 345 g/mol. The second kappa shape index (κ2) is 6.07. The Hall–Kier alpha value is -2.11. The molecule has 0 amide bonds. The zero-order valence-corrected chi connectivity index (χ0v) is 14.4. The Balaban J connectivity index is 1.80. The molecule has 2 aromatic carbocycles. The highest BCUT2D eigenvalue weighted by atomic mass is 35.5. The summed E-state index contributed by atoms with van der Waals surface area (Å²) >= 11 is 7.59. The molecule has 0 unspecified atom stereocenters. The first-order chi connectivity index (χ1) is 11.6. The number of rotatable bonds is 3. The summed E-state index contributed by atoms with van der Waals surface area (Å²) in [6.45, 7) is 2.03. The summed E-state index contributed by atoms with van der Waals surface area (Å²) in [5.74, 6) is 0.294. The van der Waals surface area contributed by atoms with Gasteiger partial charge in [0.05, 0.1) is 5.52 Å². The molecule has 2 heterocycles. The van der Waals surface area contributed by atoms with Crippen molar-refractivity contribution in [2.75, 3.05) is 0 Å². The van der Waals surface area contributed by atoms with Gasteiger partial charge in [-0.05, 0) is 48.4 Å². The van der Waals surface area contributed by atoms with Crippen LogP contribution in [0.1, 0.15) is 11.1 Å². The molecular formula is C18H13ClFN3S. The minimum absolute atomic E-state index is 0.202. The van der Waals surface area contributed by atoms with Crippen molar-refractivity contribution >= 4 is 39.9 Å². The van der Waals surface area contributed by atoms with Crippen molar-refractivity contribution in [3.8, 4) is 0 Å². The second-order valence-electron chi connectivity index (χ2n) is 5.55. The lowest BCUT2D eigenvalue weighted by molar-refractivity contribution is 0.617. The molecule has 24 heavy (non-hydrogen) atoms. The van der Waals surface area contributed by atoms with E-state index in [0.29, 0.717) is 16.3 Å². The fraction of sp³-hybridized carbons (Fsp3) is 0.111. The van der Waals surface area contributed by atoms with Crippen LogP contribution in [0.25, 0.3) is 16.6 Å². The van der Waals surface area contributed by atoms with E-state index in [-0.39, 0.29) is 5.82 Å². The largest absolute Gasteiger partial charge is 0.270 e. The van der Waals surface area contributed by atoms with Gasteiger partial charge in [-0.2, -0.15) is 0 Å². The molecule has 0 aliphatic rings. The first-order valence-electron chi connectivity index (χ1n) is 7.44. The molecule has 4 aromatic rings. The van der Waals surface area contributed by atoms with Crippen molar-refractivity contribution in [2.24, 2.45) is 0 Å². The van der Waals surface area contributed by atoms with Gasteiger partial charge in [0.15, 0.2) is 10.8 Å². The maximum atomic E-state index is 13.8. The van der Waals surface area contributed by atoms with Gasteiger partial charge >= 0.3 is 0 Å². The molecule has 2 aromatic heterocycles. The number of nitrogens with zero attached hydrogens (tertiary/aromatic N) is 3. The maximum Gasteiger partial charge on any atom is 0.196 e. The lowest BCUT2D eigenvalue weighted by Gasteiger charge is -2.08. The zero-order chi connectivity index (χ0) is 16.7. The summed E-state index contributed by atoms with van der Waals surface area (Å²) in [5, 5.41) is 11.0. The Morgan fingerprint density at radius 1 is 1.12 bits per heavy atom. The summed E-state index contributed by atoms with van der Waals surface area (Å²) in [6, 6.07) is 14.5. The van der Waals surface area contributed by atoms with Crippen molar-refractivity contribution < 1.29 is 4.39 Å². The number of hydrogen-bond acceptors (Lipinski definition) is 3. The van der Waals surface area contributed by atoms with Crippen LogP contribution < -0.4 is 0 Å². The summed E-state index contributed by atoms with van der Waals surface area (Å²) < 4.78 is 15.8. The van der Waals surface area contributed by atoms with Crippen LogP contribution in [0.5, 0.6) is 0 Å². The summed E-state index contributed by atoms with van der Waals surface area (Å²) in [6.07, 6.45) is 0. The number of pyridine rings is 1. The van der Waals surface area contributed by atoms with Crippen molar-refractivity contribution in [1.82, 2.24) is 14.6 Å². The third kappa shape index (κ3) is 2.64. The van der Waals surface area contributed by atoms with Crippen LogP contribution >= 0.6 is 23.4 Å². The predicted molar refractivity (Wildman–Crippen MR) is 96.2 cm³/mol. The monoisotopic (exact) mass is 357 g/mol. The fourth-order valence-electron chi connectivity index (χ4n) is 2.74. The molecule has 0 spiro atoms. The van der Waals surface area contributed by atoms with Crippen molar-refractivity contribution in [3.05, 3.63) is 70.5 Å². The molecule has 0 aliphatic carbocycles. The molecule has 0 fully saturated rings. The van der Waals surface area contributed by atoms with Crippen LogP contribution in [0.2, 0.25) is 5.02 Å². The molecule has 0 saturated heterocycles. The van der Waals surface area contributed by atoms with Crippen LogP contribution in [0.3, 0.4) is 0 Å². The Morgan fingerprint density at radius 3 is 2.79 bits per heavy atom. The minimum atomic E-state index is -0.202. The maximum absolute atomic E-state index is 13.8. The lowest BCUT2D eigenvalue weighted by Crippen LogP contribution is -1.94. The van der Waals surface area contributed by atoms with Crippen molar-refractivity contribution in [1.29, 1.82) is 0 Å². The molecule has 0 saturated carbocycles. The van der Waals surface area contributed by atoms with Crippen LogP contribution in [0.4, 0.5) is 4.39 Å². The van der Waals surface area contributed by atoms with E-state index >= 15 is 0 Å². The van der Waals surface area contributed by atoms with Crippen LogP contribution in [-0.2, 0) is 5.75 Å². The van der Waals surface area contributed by atoms with E-state index in [1.165, 1.54) is 17.8 Å². The second-order valence-corrected chi connectivity index (χ2v) is 6.92. The number of halogens is 2. The van der Waals surface area contributed by atoms with Crippen LogP contribution in [0.15, 0.2) is 53.7 Å². The molecule has 0 bridgehead atoms. The fourth-order valence-corrected chi connectivity index (χ4v) is 3.85. The van der Waals surface area contributed by atoms with Crippen LogP contribution in [-0.4, -0.2) is 14.6 Å². The van der Waals surface area contributed by atoms with Crippen molar-refractivity contribution in [3.63, 3.8) is 0 Å². The van der Waals surface area contributed by atoms with Crippen LogP contribution in [0, 0.1) is 12.7 Å². The summed E-state index contributed by atoms with van der Waals surface area (Å²) in [4.78, 5) is 0. The van der Waals surface area contributed by atoms with Gasteiger partial charge in [0.2, 0.25) is 0 Å². The van der Waals surface area contributed by atoms with Gasteiger partial charge in [-0.25, -0.2) is 4.39 Å². The third-order valence-electron chi connectivity index (χ3n) is 3.94. The molecule has 0 atom stereocenters. The topological polar surface area (TPSA) is 30.2 Å². The number of benzene rings is 2. The van der Waals surface area contributed by atoms with E-state index in [4.69, 9.17) is 11.6 Å². The van der Waals surface area contributed by atoms with Gasteiger partial charge in [-0.3, -0.25) is 4.40 Å². The van der Waals surface area contributed by atoms with Gasteiger partial charge in [0, 0.05) is 16.2 Å². The Labute approximate surface area is 147 Å². The number of aryl methyl sites for hydroxylation is 1. The van der Waals surface area contributed by atoms with E-state index in [9.17, 15) is 4.39 Å². The highest BCUT2D eigenvalue weighted by Crippen LogP contribution is 2.29. The van der Waals surface area contributed by atoms with Gasteiger partial charge < -0.3 is 0 Å². The van der Waals surface area contributed by atoms with Gasteiger partial charge in [-0.1, -0.05) is 41.6 Å². The summed E-state index contributed by atoms with van der Waals surface area (Å²) in [5.41, 5.74) is 3.52. The molecule has 6 heteroatoms. The zero-order valence-electron chi connectivity index (χ0n) is 12.8. The summed E-state index contributed by atoms with van der Waals surface area (Å²) in [7, 11) is 0. The first-order valence-corrected chi connectivity index (χ1v) is 8.80. The van der Waals surface area contributed by atoms with E-state index < -0.39 is 0 Å². The number of thioether (sulfide) groups is 1. The highest BCUT2D eigenvalue weighted by Gasteiger charge is 2.13. The van der Waals surface area contributed by atoms with E-state index in [2.05, 4.69) is 10.2 Å². The Kier molecular flexibility index (Phi) is 3.90. The number of hydrogen-bond donors (Lipinski definition) is 0. The number of fused-ring (bicyclic) bond motifs is 3. The molecule has 4 rings (SSSR count). The minimum Gasteiger partial charge on any atom is -0.270 e. The van der Waals surface area contributed by atoms with Gasteiger partial charge in [0.25, 0.3) is 0 Å². The molecule has 120 valence electrons. The highest BCUT2D eigenvalue weighted by molar-refractivity contribution is 7.98. The first kappa shape index (κ1) is 15.4. The van der Waals surface area contributed by atoms with Crippen molar-refractivity contribution in [2.45, 2.75) is 17.8 Å². The van der Waals surface area contributed by atoms with E-state index in [1.54, 1.807) is 12.1 Å². The van der Waals surface area contributed by atoms with E-state index in [0.717, 1.165) is 27.3 Å². The smallest absolute Gasteiger partial charge is 0.196 e.